The highest BCUT2D eigenvalue weighted by Crippen LogP contribution is 2.05. The number of hydrogen-bond donors (Lipinski definition) is 3. The van der Waals surface area contributed by atoms with Gasteiger partial charge in [-0.15, -0.1) is 0 Å². The fourth-order valence-corrected chi connectivity index (χ4v) is 1.40. The van der Waals surface area contributed by atoms with Gasteiger partial charge in [0.1, 0.15) is 0 Å². The Morgan fingerprint density at radius 2 is 1.71 bits per heavy atom. The average Bonchev–Trinajstić information content (AvgIpc) is 2.83. The molecule has 0 saturated carbocycles. The molecule has 1 amide bonds. The number of anilines is 1. The Balaban J connectivity index is 2.07. The summed E-state index contributed by atoms with van der Waals surface area (Å²) in [5, 5.41) is 20.5. The van der Waals surface area contributed by atoms with E-state index in [-0.39, 0.29) is 6.03 Å². The Morgan fingerprint density at radius 3 is 2.24 bits per heavy atom. The number of hydrogen-bond acceptors (Lipinski definition) is 3. The summed E-state index contributed by atoms with van der Waals surface area (Å²) in [5.41, 5.74) is 0.970. The molecule has 1 aromatic carbocycles. The minimum atomic E-state index is -1.50. The van der Waals surface area contributed by atoms with Crippen molar-refractivity contribution in [3.05, 3.63) is 48.8 Å². The molecule has 1 heterocycles. The predicted molar refractivity (Wildman–Crippen MR) is 65.1 cm³/mol. The summed E-state index contributed by atoms with van der Waals surface area (Å²) in [7, 11) is -1.50. The van der Waals surface area contributed by atoms with E-state index in [0.717, 1.165) is 0 Å². The number of aromatic nitrogens is 1. The third kappa shape index (κ3) is 2.75. The zero-order valence-electron chi connectivity index (χ0n) is 8.95. The van der Waals surface area contributed by atoms with Gasteiger partial charge in [0.15, 0.2) is 0 Å². The monoisotopic (exact) mass is 230 g/mol. The maximum absolute atomic E-state index is 11.6. The van der Waals surface area contributed by atoms with Crippen LogP contribution in [0.3, 0.4) is 0 Å². The van der Waals surface area contributed by atoms with Gasteiger partial charge in [-0.2, -0.15) is 0 Å². The van der Waals surface area contributed by atoms with Crippen molar-refractivity contribution >= 4 is 24.3 Å². The first-order chi connectivity index (χ1) is 8.16. The zero-order chi connectivity index (χ0) is 12.3. The number of rotatable bonds is 2. The van der Waals surface area contributed by atoms with Crippen LogP contribution in [0.2, 0.25) is 0 Å². The van der Waals surface area contributed by atoms with Gasteiger partial charge in [0, 0.05) is 18.1 Å². The average molecular weight is 230 g/mol. The van der Waals surface area contributed by atoms with E-state index in [1.807, 2.05) is 0 Å². The number of carbonyl (C=O) groups is 1. The van der Waals surface area contributed by atoms with Crippen LogP contribution in [0.5, 0.6) is 0 Å². The minimum absolute atomic E-state index is 0.271. The van der Waals surface area contributed by atoms with Gasteiger partial charge < -0.3 is 15.4 Å². The third-order valence-electron chi connectivity index (χ3n) is 2.30. The normalized spacial score (nSPS) is 10.0. The van der Waals surface area contributed by atoms with Crippen molar-refractivity contribution in [3.8, 4) is 0 Å². The van der Waals surface area contributed by atoms with Crippen LogP contribution >= 0.6 is 0 Å². The van der Waals surface area contributed by atoms with E-state index in [1.54, 1.807) is 36.7 Å². The fraction of sp³-hybridized carbons (Fsp3) is 0. The summed E-state index contributed by atoms with van der Waals surface area (Å²) in [6.07, 6.45) is 3.28. The van der Waals surface area contributed by atoms with Gasteiger partial charge in [-0.05, 0) is 29.7 Å². The first-order valence-electron chi connectivity index (χ1n) is 5.07. The van der Waals surface area contributed by atoms with E-state index in [0.29, 0.717) is 11.2 Å². The lowest BCUT2D eigenvalue weighted by molar-refractivity contribution is 0.253. The Morgan fingerprint density at radius 1 is 1.12 bits per heavy atom. The second kappa shape index (κ2) is 4.86. The summed E-state index contributed by atoms with van der Waals surface area (Å²) in [6.45, 7) is 0. The van der Waals surface area contributed by atoms with Crippen molar-refractivity contribution in [3.63, 3.8) is 0 Å². The van der Waals surface area contributed by atoms with Gasteiger partial charge in [0.2, 0.25) is 0 Å². The summed E-state index contributed by atoms with van der Waals surface area (Å²) in [5.74, 6) is 0. The van der Waals surface area contributed by atoms with E-state index in [2.05, 4.69) is 5.32 Å². The molecule has 17 heavy (non-hydrogen) atoms. The Kier molecular flexibility index (Phi) is 3.27. The second-order valence-corrected chi connectivity index (χ2v) is 3.52. The molecule has 0 aliphatic heterocycles. The second-order valence-electron chi connectivity index (χ2n) is 3.52. The van der Waals surface area contributed by atoms with E-state index in [4.69, 9.17) is 10.0 Å². The SMILES string of the molecule is O=C(Nc1ccc(B(O)O)cc1)n1cccc1. The Bertz CT molecular complexity index is 494. The van der Waals surface area contributed by atoms with Crippen molar-refractivity contribution in [1.82, 2.24) is 4.57 Å². The number of amides is 1. The van der Waals surface area contributed by atoms with Crippen LogP contribution in [0, 0.1) is 0 Å². The molecular formula is C11H11BN2O3. The van der Waals surface area contributed by atoms with Crippen LogP contribution in [0.1, 0.15) is 0 Å². The van der Waals surface area contributed by atoms with Crippen molar-refractivity contribution < 1.29 is 14.8 Å². The molecule has 86 valence electrons. The van der Waals surface area contributed by atoms with Crippen LogP contribution in [-0.4, -0.2) is 27.8 Å². The van der Waals surface area contributed by atoms with Gasteiger partial charge in [0.05, 0.1) is 0 Å². The van der Waals surface area contributed by atoms with Crippen LogP contribution < -0.4 is 10.8 Å². The lowest BCUT2D eigenvalue weighted by atomic mass is 9.80. The highest BCUT2D eigenvalue weighted by Gasteiger charge is 2.10. The molecule has 0 unspecified atom stereocenters. The third-order valence-corrected chi connectivity index (χ3v) is 2.30. The van der Waals surface area contributed by atoms with Gasteiger partial charge in [-0.1, -0.05) is 12.1 Å². The summed E-state index contributed by atoms with van der Waals surface area (Å²) < 4.78 is 1.41. The van der Waals surface area contributed by atoms with Crippen LogP contribution in [-0.2, 0) is 0 Å². The molecule has 1 aromatic heterocycles. The molecule has 0 aliphatic carbocycles. The highest BCUT2D eigenvalue weighted by atomic mass is 16.4. The van der Waals surface area contributed by atoms with Gasteiger partial charge in [-0.25, -0.2) is 4.79 Å². The molecular weight excluding hydrogens is 219 g/mol. The first-order valence-corrected chi connectivity index (χ1v) is 5.07. The number of nitrogens with zero attached hydrogens (tertiary/aromatic N) is 1. The van der Waals surface area contributed by atoms with Crippen molar-refractivity contribution in [2.24, 2.45) is 0 Å². The van der Waals surface area contributed by atoms with E-state index in [9.17, 15) is 4.79 Å². The van der Waals surface area contributed by atoms with Crippen LogP contribution in [0.15, 0.2) is 48.8 Å². The number of carbonyl (C=O) groups excluding carboxylic acids is 1. The fourth-order valence-electron chi connectivity index (χ4n) is 1.40. The molecule has 0 spiro atoms. The molecule has 0 bridgehead atoms. The lowest BCUT2D eigenvalue weighted by Gasteiger charge is -2.06. The van der Waals surface area contributed by atoms with Gasteiger partial charge in [-0.3, -0.25) is 4.57 Å². The molecule has 6 heteroatoms. The molecule has 0 aliphatic rings. The number of benzene rings is 1. The lowest BCUT2D eigenvalue weighted by Crippen LogP contribution is -2.29. The summed E-state index contributed by atoms with van der Waals surface area (Å²) in [6, 6.07) is 9.53. The van der Waals surface area contributed by atoms with Crippen LogP contribution in [0.25, 0.3) is 0 Å². The van der Waals surface area contributed by atoms with Gasteiger partial charge >= 0.3 is 13.1 Å². The molecule has 2 rings (SSSR count). The summed E-state index contributed by atoms with van der Waals surface area (Å²) >= 11 is 0. The van der Waals surface area contributed by atoms with E-state index in [1.165, 1.54) is 16.7 Å². The standard InChI is InChI=1S/C11H11BN2O3/c15-11(14-7-1-2-8-14)13-10-5-3-9(4-6-10)12(16)17/h1-8,16-17H,(H,13,15). The quantitative estimate of drug-likeness (QED) is 0.647. The molecule has 0 saturated heterocycles. The first kappa shape index (κ1) is 11.4. The molecule has 3 N–H and O–H groups in total. The highest BCUT2D eigenvalue weighted by molar-refractivity contribution is 6.58. The molecule has 0 fully saturated rings. The van der Waals surface area contributed by atoms with E-state index < -0.39 is 7.12 Å². The topological polar surface area (TPSA) is 74.5 Å². The maximum atomic E-state index is 11.6. The molecule has 5 nitrogen and oxygen atoms in total. The van der Waals surface area contributed by atoms with Crippen LogP contribution in [0.4, 0.5) is 10.5 Å². The Labute approximate surface area is 98.5 Å². The number of nitrogens with one attached hydrogen (secondary N) is 1. The molecule has 2 aromatic rings. The summed E-state index contributed by atoms with van der Waals surface area (Å²) in [4.78, 5) is 11.6. The van der Waals surface area contributed by atoms with Crippen molar-refractivity contribution in [2.45, 2.75) is 0 Å². The van der Waals surface area contributed by atoms with Crippen molar-refractivity contribution in [1.29, 1.82) is 0 Å². The minimum Gasteiger partial charge on any atom is -0.423 e. The molecule has 0 atom stereocenters. The largest absolute Gasteiger partial charge is 0.488 e. The smallest absolute Gasteiger partial charge is 0.423 e. The maximum Gasteiger partial charge on any atom is 0.488 e. The van der Waals surface area contributed by atoms with Crippen molar-refractivity contribution in [2.75, 3.05) is 5.32 Å². The van der Waals surface area contributed by atoms with Gasteiger partial charge in [0.25, 0.3) is 0 Å². The van der Waals surface area contributed by atoms with E-state index >= 15 is 0 Å². The zero-order valence-corrected chi connectivity index (χ0v) is 8.95. The molecule has 0 radical (unpaired) electrons. The predicted octanol–water partition coefficient (Wildman–Crippen LogP) is 0.248. The Hall–Kier alpha value is -2.05.